The van der Waals surface area contributed by atoms with Crippen molar-refractivity contribution in [3.8, 4) is 0 Å². The van der Waals surface area contributed by atoms with Crippen molar-refractivity contribution in [1.29, 1.82) is 0 Å². The van der Waals surface area contributed by atoms with Gasteiger partial charge in [0, 0.05) is 5.92 Å². The number of benzene rings is 1. The number of hydrogen-bond donors (Lipinski definition) is 1. The van der Waals surface area contributed by atoms with Gasteiger partial charge >= 0.3 is 0 Å². The first-order valence-electron chi connectivity index (χ1n) is 5.08. The summed E-state index contributed by atoms with van der Waals surface area (Å²) >= 11 is 0. The summed E-state index contributed by atoms with van der Waals surface area (Å²) in [7, 11) is 0. The maximum absolute atomic E-state index is 13.3. The van der Waals surface area contributed by atoms with Crippen LogP contribution in [-0.4, -0.2) is 0 Å². The number of halogens is 1. The fourth-order valence-electron chi connectivity index (χ4n) is 1.88. The molecule has 2 rings (SSSR count). The molecule has 0 aliphatic heterocycles. The molecule has 2 heteroatoms. The second-order valence-corrected chi connectivity index (χ2v) is 3.94. The van der Waals surface area contributed by atoms with Crippen molar-refractivity contribution in [1.82, 2.24) is 0 Å². The van der Waals surface area contributed by atoms with Crippen LogP contribution in [0, 0.1) is 11.7 Å². The van der Waals surface area contributed by atoms with E-state index in [0.717, 1.165) is 5.56 Å². The first-order valence-corrected chi connectivity index (χ1v) is 5.08. The van der Waals surface area contributed by atoms with Crippen LogP contribution in [0.2, 0.25) is 0 Å². The summed E-state index contributed by atoms with van der Waals surface area (Å²) in [5, 5.41) is 0. The molecule has 1 nitrogen and oxygen atoms in total. The second kappa shape index (κ2) is 3.89. The third kappa shape index (κ3) is 1.94. The number of nitrogens with two attached hydrogens (primary N) is 1. The van der Waals surface area contributed by atoms with Gasteiger partial charge in [0.05, 0.1) is 5.69 Å². The highest BCUT2D eigenvalue weighted by atomic mass is 19.1. The maximum Gasteiger partial charge on any atom is 0.146 e. The van der Waals surface area contributed by atoms with Crippen LogP contribution in [0.3, 0.4) is 0 Å². The molecule has 0 radical (unpaired) electrons. The minimum Gasteiger partial charge on any atom is -0.396 e. The zero-order valence-corrected chi connectivity index (χ0v) is 8.65. The molecule has 0 aromatic heterocycles. The van der Waals surface area contributed by atoms with E-state index in [2.05, 4.69) is 19.1 Å². The number of hydrogen-bond acceptors (Lipinski definition) is 1. The van der Waals surface area contributed by atoms with Gasteiger partial charge < -0.3 is 5.73 Å². The van der Waals surface area contributed by atoms with Crippen molar-refractivity contribution in [2.24, 2.45) is 5.92 Å². The molecular formula is C13H14FN. The van der Waals surface area contributed by atoms with Gasteiger partial charge in [-0.25, -0.2) is 4.39 Å². The fourth-order valence-corrected chi connectivity index (χ4v) is 1.88. The first-order chi connectivity index (χ1) is 7.18. The molecule has 0 fully saturated rings. The SMILES string of the molecule is CC1C=CC=C[C@@H]1c1ccc(N)c(F)c1. The molecule has 1 aliphatic rings. The Morgan fingerprint density at radius 3 is 2.60 bits per heavy atom. The molecule has 78 valence electrons. The molecule has 2 atom stereocenters. The molecule has 1 aliphatic carbocycles. The van der Waals surface area contributed by atoms with Gasteiger partial charge in [-0.2, -0.15) is 0 Å². The van der Waals surface area contributed by atoms with Crippen LogP contribution in [0.15, 0.2) is 42.5 Å². The highest BCUT2D eigenvalue weighted by molar-refractivity contribution is 5.43. The Bertz CT molecular complexity index is 421. The summed E-state index contributed by atoms with van der Waals surface area (Å²) in [6, 6.07) is 5.05. The summed E-state index contributed by atoms with van der Waals surface area (Å²) in [5.41, 5.74) is 6.64. The second-order valence-electron chi connectivity index (χ2n) is 3.94. The molecule has 0 heterocycles. The zero-order valence-electron chi connectivity index (χ0n) is 8.65. The van der Waals surface area contributed by atoms with Crippen molar-refractivity contribution < 1.29 is 4.39 Å². The van der Waals surface area contributed by atoms with Crippen molar-refractivity contribution in [3.63, 3.8) is 0 Å². The highest BCUT2D eigenvalue weighted by Gasteiger charge is 2.16. The quantitative estimate of drug-likeness (QED) is 0.696. The van der Waals surface area contributed by atoms with E-state index < -0.39 is 0 Å². The first kappa shape index (κ1) is 9.97. The van der Waals surface area contributed by atoms with Gasteiger partial charge in [-0.05, 0) is 23.6 Å². The van der Waals surface area contributed by atoms with Crippen LogP contribution in [0.5, 0.6) is 0 Å². The Balaban J connectivity index is 2.33. The Morgan fingerprint density at radius 2 is 1.93 bits per heavy atom. The largest absolute Gasteiger partial charge is 0.396 e. The van der Waals surface area contributed by atoms with Crippen LogP contribution in [0.1, 0.15) is 18.4 Å². The molecule has 0 saturated heterocycles. The predicted molar refractivity (Wildman–Crippen MR) is 61.0 cm³/mol. The predicted octanol–water partition coefficient (Wildman–Crippen LogP) is 3.25. The minimum absolute atomic E-state index is 0.210. The van der Waals surface area contributed by atoms with Gasteiger partial charge in [-0.15, -0.1) is 0 Å². The highest BCUT2D eigenvalue weighted by Crippen LogP contribution is 2.30. The van der Waals surface area contributed by atoms with Crippen LogP contribution in [0.25, 0.3) is 0 Å². The molecule has 0 spiro atoms. The zero-order chi connectivity index (χ0) is 10.8. The van der Waals surface area contributed by atoms with Gasteiger partial charge in [0.1, 0.15) is 5.82 Å². The molecule has 1 aromatic carbocycles. The number of anilines is 1. The summed E-state index contributed by atoms with van der Waals surface area (Å²) < 4.78 is 13.3. The van der Waals surface area contributed by atoms with E-state index in [-0.39, 0.29) is 17.4 Å². The molecule has 0 bridgehead atoms. The van der Waals surface area contributed by atoms with Gasteiger partial charge in [0.25, 0.3) is 0 Å². The van der Waals surface area contributed by atoms with E-state index in [1.807, 2.05) is 18.2 Å². The number of rotatable bonds is 1. The van der Waals surface area contributed by atoms with E-state index in [1.165, 1.54) is 6.07 Å². The summed E-state index contributed by atoms with van der Waals surface area (Å²) in [6.07, 6.45) is 8.24. The lowest BCUT2D eigenvalue weighted by molar-refractivity contribution is 0.608. The Kier molecular flexibility index (Phi) is 2.58. The van der Waals surface area contributed by atoms with Crippen LogP contribution in [-0.2, 0) is 0 Å². The van der Waals surface area contributed by atoms with Crippen molar-refractivity contribution >= 4 is 5.69 Å². The molecular weight excluding hydrogens is 189 g/mol. The lowest BCUT2D eigenvalue weighted by Crippen LogP contribution is -2.08. The summed E-state index contributed by atoms with van der Waals surface area (Å²) in [6.45, 7) is 2.12. The molecule has 0 amide bonds. The van der Waals surface area contributed by atoms with Crippen LogP contribution in [0.4, 0.5) is 10.1 Å². The van der Waals surface area contributed by atoms with Gasteiger partial charge in [-0.3, -0.25) is 0 Å². The Hall–Kier alpha value is -1.57. The standard InChI is InChI=1S/C13H14FN/c1-9-4-2-3-5-11(9)10-6-7-13(15)12(14)8-10/h2-9,11H,15H2,1H3/t9?,11-/m0/s1. The van der Waals surface area contributed by atoms with E-state index in [9.17, 15) is 4.39 Å². The third-order valence-corrected chi connectivity index (χ3v) is 2.82. The monoisotopic (exact) mass is 203 g/mol. The fraction of sp³-hybridized carbons (Fsp3) is 0.231. The molecule has 0 saturated carbocycles. The Morgan fingerprint density at radius 1 is 1.20 bits per heavy atom. The van der Waals surface area contributed by atoms with E-state index in [4.69, 9.17) is 5.73 Å². The lowest BCUT2D eigenvalue weighted by Gasteiger charge is -2.21. The maximum atomic E-state index is 13.3. The number of allylic oxidation sites excluding steroid dienone is 4. The van der Waals surface area contributed by atoms with E-state index in [0.29, 0.717) is 5.92 Å². The normalized spacial score (nSPS) is 24.4. The lowest BCUT2D eigenvalue weighted by atomic mass is 9.84. The average Bonchev–Trinajstić information content (AvgIpc) is 2.23. The van der Waals surface area contributed by atoms with Crippen molar-refractivity contribution in [3.05, 3.63) is 53.9 Å². The number of nitrogen functional groups attached to an aromatic ring is 1. The van der Waals surface area contributed by atoms with Crippen molar-refractivity contribution in [2.75, 3.05) is 5.73 Å². The topological polar surface area (TPSA) is 26.0 Å². The van der Waals surface area contributed by atoms with Crippen LogP contribution >= 0.6 is 0 Å². The van der Waals surface area contributed by atoms with Crippen molar-refractivity contribution in [2.45, 2.75) is 12.8 Å². The van der Waals surface area contributed by atoms with Crippen LogP contribution < -0.4 is 5.73 Å². The summed E-state index contributed by atoms with van der Waals surface area (Å²) in [5.74, 6) is 0.325. The molecule has 15 heavy (non-hydrogen) atoms. The van der Waals surface area contributed by atoms with Gasteiger partial charge in [0.15, 0.2) is 0 Å². The van der Waals surface area contributed by atoms with Gasteiger partial charge in [0.2, 0.25) is 0 Å². The minimum atomic E-state index is -0.331. The summed E-state index contributed by atoms with van der Waals surface area (Å²) in [4.78, 5) is 0. The Labute approximate surface area is 89.1 Å². The average molecular weight is 203 g/mol. The molecule has 1 aromatic rings. The van der Waals surface area contributed by atoms with E-state index in [1.54, 1.807) is 6.07 Å². The third-order valence-electron chi connectivity index (χ3n) is 2.82. The molecule has 1 unspecified atom stereocenters. The molecule has 2 N–H and O–H groups in total. The smallest absolute Gasteiger partial charge is 0.146 e. The van der Waals surface area contributed by atoms with Gasteiger partial charge in [-0.1, -0.05) is 37.3 Å². The van der Waals surface area contributed by atoms with E-state index >= 15 is 0 Å².